The standard InChI is InChI=1S/C25H23N5O7S/c1-15-4-10-22(21(12-15)30(32)33)36-14-19-7-11-23(37-19)24(31)28-18-5-8-20(9-6-18)38(34,35)29-25-26-16(2)13-17(3)27-25/h4-13H,14H2,1-3H3,(H,28,31)(H,26,27,29). The van der Waals surface area contributed by atoms with Crippen LogP contribution in [0, 0.1) is 30.9 Å². The number of hydrogen-bond donors (Lipinski definition) is 2. The lowest BCUT2D eigenvalue weighted by Gasteiger charge is -2.09. The number of nitrogens with one attached hydrogen (secondary N) is 2. The third-order valence-corrected chi connectivity index (χ3v) is 6.54. The molecule has 2 aromatic carbocycles. The van der Waals surface area contributed by atoms with Crippen LogP contribution in [0.5, 0.6) is 5.75 Å². The summed E-state index contributed by atoms with van der Waals surface area (Å²) >= 11 is 0. The number of anilines is 2. The van der Waals surface area contributed by atoms with Crippen molar-refractivity contribution < 1.29 is 27.3 Å². The van der Waals surface area contributed by atoms with Gasteiger partial charge in [-0.15, -0.1) is 0 Å². The molecule has 0 saturated heterocycles. The first-order chi connectivity index (χ1) is 18.0. The van der Waals surface area contributed by atoms with Crippen molar-refractivity contribution in [3.63, 3.8) is 0 Å². The van der Waals surface area contributed by atoms with Crippen molar-refractivity contribution in [1.29, 1.82) is 0 Å². The molecule has 2 heterocycles. The number of amides is 1. The van der Waals surface area contributed by atoms with Crippen LogP contribution in [0.1, 0.15) is 33.3 Å². The molecule has 196 valence electrons. The summed E-state index contributed by atoms with van der Waals surface area (Å²) in [6.45, 7) is 5.07. The maximum atomic E-state index is 12.7. The Kier molecular flexibility index (Phi) is 7.39. The van der Waals surface area contributed by atoms with Gasteiger partial charge in [-0.2, -0.15) is 0 Å². The summed E-state index contributed by atoms with van der Waals surface area (Å²) in [4.78, 5) is 31.4. The average molecular weight is 538 g/mol. The van der Waals surface area contributed by atoms with Gasteiger partial charge in [0.05, 0.1) is 9.82 Å². The fourth-order valence-corrected chi connectivity index (χ4v) is 4.42. The van der Waals surface area contributed by atoms with Crippen molar-refractivity contribution in [2.24, 2.45) is 0 Å². The summed E-state index contributed by atoms with van der Waals surface area (Å²) in [5, 5.41) is 13.9. The number of aryl methyl sites for hydroxylation is 3. The smallest absolute Gasteiger partial charge is 0.311 e. The van der Waals surface area contributed by atoms with Crippen LogP contribution in [0.15, 0.2) is 70.0 Å². The molecule has 4 aromatic rings. The predicted molar refractivity (Wildman–Crippen MR) is 138 cm³/mol. The van der Waals surface area contributed by atoms with E-state index in [1.165, 1.54) is 48.5 Å². The summed E-state index contributed by atoms with van der Waals surface area (Å²) in [5.74, 6) is -0.264. The zero-order valence-corrected chi connectivity index (χ0v) is 21.4. The van der Waals surface area contributed by atoms with Crippen molar-refractivity contribution in [3.8, 4) is 5.75 Å². The number of nitrogens with zero attached hydrogens (tertiary/aromatic N) is 3. The van der Waals surface area contributed by atoms with Crippen molar-refractivity contribution in [2.75, 3.05) is 10.0 Å². The van der Waals surface area contributed by atoms with E-state index in [1.54, 1.807) is 32.9 Å². The topological polar surface area (TPSA) is 167 Å². The summed E-state index contributed by atoms with van der Waals surface area (Å²) < 4.78 is 38.7. The highest BCUT2D eigenvalue weighted by atomic mass is 32.2. The molecule has 2 N–H and O–H groups in total. The van der Waals surface area contributed by atoms with E-state index in [-0.39, 0.29) is 40.4 Å². The summed E-state index contributed by atoms with van der Waals surface area (Å²) in [5.41, 5.74) is 2.13. The van der Waals surface area contributed by atoms with Gasteiger partial charge in [0.15, 0.2) is 11.5 Å². The van der Waals surface area contributed by atoms with Crippen LogP contribution >= 0.6 is 0 Å². The first-order valence-corrected chi connectivity index (χ1v) is 12.7. The summed E-state index contributed by atoms with van der Waals surface area (Å²) in [6.07, 6.45) is 0. The Balaban J connectivity index is 1.38. The molecule has 1 amide bonds. The Bertz CT molecular complexity index is 1600. The van der Waals surface area contributed by atoms with E-state index in [2.05, 4.69) is 20.0 Å². The normalized spacial score (nSPS) is 11.1. The number of ether oxygens (including phenoxy) is 1. The number of nitro benzene ring substituents is 1. The minimum absolute atomic E-state index is 0.0210. The van der Waals surface area contributed by atoms with Gasteiger partial charge in [0.2, 0.25) is 5.95 Å². The molecule has 0 saturated carbocycles. The van der Waals surface area contributed by atoms with Crippen LogP contribution in [0.4, 0.5) is 17.3 Å². The van der Waals surface area contributed by atoms with Crippen LogP contribution in [0.2, 0.25) is 0 Å². The Hall–Kier alpha value is -4.78. The predicted octanol–water partition coefficient (Wildman–Crippen LogP) is 4.54. The summed E-state index contributed by atoms with van der Waals surface area (Å²) in [6, 6.07) is 14.8. The molecule has 0 radical (unpaired) electrons. The largest absolute Gasteiger partial charge is 0.479 e. The number of furan rings is 1. The number of nitro groups is 1. The quantitative estimate of drug-likeness (QED) is 0.230. The Morgan fingerprint density at radius 1 is 1.00 bits per heavy atom. The maximum absolute atomic E-state index is 12.7. The highest BCUT2D eigenvalue weighted by molar-refractivity contribution is 7.92. The van der Waals surface area contributed by atoms with E-state index < -0.39 is 20.9 Å². The molecule has 0 aliphatic heterocycles. The van der Waals surface area contributed by atoms with Gasteiger partial charge >= 0.3 is 5.69 Å². The molecule has 0 unspecified atom stereocenters. The van der Waals surface area contributed by atoms with E-state index in [4.69, 9.17) is 9.15 Å². The second-order valence-electron chi connectivity index (χ2n) is 8.34. The molecule has 0 atom stereocenters. The number of hydrogen-bond acceptors (Lipinski definition) is 9. The average Bonchev–Trinajstić information content (AvgIpc) is 3.32. The fourth-order valence-electron chi connectivity index (χ4n) is 3.48. The molecule has 12 nitrogen and oxygen atoms in total. The van der Waals surface area contributed by atoms with Crippen LogP contribution in [0.3, 0.4) is 0 Å². The molecule has 13 heteroatoms. The number of carbonyl (C=O) groups is 1. The Morgan fingerprint density at radius 3 is 2.34 bits per heavy atom. The number of rotatable bonds is 9. The monoisotopic (exact) mass is 537 g/mol. The molecule has 2 aromatic heterocycles. The SMILES string of the molecule is Cc1ccc(OCc2ccc(C(=O)Nc3ccc(S(=O)(=O)Nc4nc(C)cc(C)n4)cc3)o2)c([N+](=O)[O-])c1. The van der Waals surface area contributed by atoms with Crippen molar-refractivity contribution in [3.05, 3.63) is 99.2 Å². The summed E-state index contributed by atoms with van der Waals surface area (Å²) in [7, 11) is -3.94. The number of aromatic nitrogens is 2. The van der Waals surface area contributed by atoms with Crippen LogP contribution < -0.4 is 14.8 Å². The lowest BCUT2D eigenvalue weighted by Crippen LogP contribution is -2.16. The lowest BCUT2D eigenvalue weighted by molar-refractivity contribution is -0.386. The lowest BCUT2D eigenvalue weighted by atomic mass is 10.2. The fraction of sp³-hybridized carbons (Fsp3) is 0.160. The van der Waals surface area contributed by atoms with E-state index in [1.807, 2.05) is 0 Å². The molecule has 0 spiro atoms. The van der Waals surface area contributed by atoms with Gasteiger partial charge in [0.1, 0.15) is 12.4 Å². The zero-order valence-electron chi connectivity index (χ0n) is 20.6. The number of benzene rings is 2. The highest BCUT2D eigenvalue weighted by Crippen LogP contribution is 2.28. The second kappa shape index (κ2) is 10.7. The van der Waals surface area contributed by atoms with E-state index in [0.29, 0.717) is 17.1 Å². The van der Waals surface area contributed by atoms with Crippen LogP contribution in [-0.4, -0.2) is 29.2 Å². The van der Waals surface area contributed by atoms with Gasteiger partial charge in [-0.1, -0.05) is 6.07 Å². The van der Waals surface area contributed by atoms with Gasteiger partial charge in [0, 0.05) is 23.1 Å². The zero-order chi connectivity index (χ0) is 27.4. The van der Waals surface area contributed by atoms with Crippen LogP contribution in [-0.2, 0) is 16.6 Å². The van der Waals surface area contributed by atoms with E-state index in [0.717, 1.165) is 5.56 Å². The molecule has 4 rings (SSSR count). The molecule has 0 fully saturated rings. The van der Waals surface area contributed by atoms with E-state index in [9.17, 15) is 23.3 Å². The second-order valence-corrected chi connectivity index (χ2v) is 10.0. The van der Waals surface area contributed by atoms with Gasteiger partial charge in [0.25, 0.3) is 15.9 Å². The molecule has 0 aliphatic rings. The maximum Gasteiger partial charge on any atom is 0.311 e. The number of sulfonamides is 1. The van der Waals surface area contributed by atoms with Crippen molar-refractivity contribution in [2.45, 2.75) is 32.3 Å². The Morgan fingerprint density at radius 2 is 1.68 bits per heavy atom. The molecular formula is C25H23N5O7S. The first kappa shape index (κ1) is 26.3. The van der Waals surface area contributed by atoms with Gasteiger partial charge in [-0.3, -0.25) is 14.9 Å². The van der Waals surface area contributed by atoms with Gasteiger partial charge < -0.3 is 14.5 Å². The highest BCUT2D eigenvalue weighted by Gasteiger charge is 2.19. The Labute approximate surface area is 217 Å². The molecule has 0 bridgehead atoms. The molecule has 38 heavy (non-hydrogen) atoms. The van der Waals surface area contributed by atoms with Gasteiger partial charge in [-0.25, -0.2) is 23.1 Å². The minimum Gasteiger partial charge on any atom is -0.479 e. The molecular weight excluding hydrogens is 514 g/mol. The first-order valence-electron chi connectivity index (χ1n) is 11.2. The minimum atomic E-state index is -3.94. The number of carbonyl (C=O) groups excluding carboxylic acids is 1. The van der Waals surface area contributed by atoms with Crippen molar-refractivity contribution >= 4 is 33.3 Å². The van der Waals surface area contributed by atoms with E-state index >= 15 is 0 Å². The third kappa shape index (κ3) is 6.31. The third-order valence-electron chi connectivity index (χ3n) is 5.20. The van der Waals surface area contributed by atoms with Crippen LogP contribution in [0.25, 0.3) is 0 Å². The van der Waals surface area contributed by atoms with Crippen molar-refractivity contribution in [1.82, 2.24) is 9.97 Å². The van der Waals surface area contributed by atoms with Gasteiger partial charge in [-0.05, 0) is 74.9 Å². The molecule has 0 aliphatic carbocycles.